The molecule has 0 radical (unpaired) electrons. The van der Waals surface area contributed by atoms with Crippen LogP contribution in [0.4, 0.5) is 0 Å². The molecule has 0 saturated heterocycles. The van der Waals surface area contributed by atoms with Crippen LogP contribution in [0.5, 0.6) is 5.88 Å². The summed E-state index contributed by atoms with van der Waals surface area (Å²) in [7, 11) is 1.72. The third kappa shape index (κ3) is 3.85. The highest BCUT2D eigenvalue weighted by molar-refractivity contribution is 6.30. The summed E-state index contributed by atoms with van der Waals surface area (Å²) in [5.74, 6) is 1.91. The molecule has 1 saturated carbocycles. The first-order chi connectivity index (χ1) is 13.0. The van der Waals surface area contributed by atoms with Crippen molar-refractivity contribution < 1.29 is 4.74 Å². The molecule has 0 bridgehead atoms. The Kier molecular flexibility index (Phi) is 4.66. The molecule has 3 heterocycles. The van der Waals surface area contributed by atoms with Gasteiger partial charge in [0.1, 0.15) is 5.82 Å². The fourth-order valence-electron chi connectivity index (χ4n) is 3.06. The van der Waals surface area contributed by atoms with E-state index in [1.54, 1.807) is 31.7 Å². The summed E-state index contributed by atoms with van der Waals surface area (Å²) in [6, 6.07) is 7.26. The molecule has 0 unspecified atom stereocenters. The first-order valence-corrected chi connectivity index (χ1v) is 9.14. The monoisotopic (exact) mass is 382 g/mol. The number of hydrogen-bond donors (Lipinski definition) is 0. The first kappa shape index (κ1) is 17.7. The molecule has 3 aromatic heterocycles. The Balaban J connectivity index is 1.51. The second-order valence-corrected chi connectivity index (χ2v) is 7.25. The summed E-state index contributed by atoms with van der Waals surface area (Å²) >= 11 is 5.90. The van der Waals surface area contributed by atoms with Crippen molar-refractivity contribution in [3.8, 4) is 17.0 Å². The lowest BCUT2D eigenvalue weighted by Gasteiger charge is -2.11. The van der Waals surface area contributed by atoms with E-state index in [2.05, 4.69) is 15.0 Å². The van der Waals surface area contributed by atoms with E-state index in [1.165, 1.54) is 4.57 Å². The van der Waals surface area contributed by atoms with E-state index < -0.39 is 0 Å². The molecule has 27 heavy (non-hydrogen) atoms. The summed E-state index contributed by atoms with van der Waals surface area (Å²) in [4.78, 5) is 25.0. The maximum Gasteiger partial charge on any atom is 0.250 e. The Hall–Kier alpha value is -2.73. The minimum absolute atomic E-state index is 0.0879. The zero-order chi connectivity index (χ0) is 19.0. The van der Waals surface area contributed by atoms with Gasteiger partial charge in [-0.15, -0.1) is 0 Å². The third-order valence-corrected chi connectivity index (χ3v) is 5.00. The standard InChI is InChI=1S/C20H19ClN4O2/c1-12-22-10-17(13-5-6-25(2)19(26)8-13)20(24-12)27-11-14-7-16(14)18-4-3-15(21)9-23-18/h3-6,8-10,14,16H,7,11H2,1-2H3/t14-,16+/m1/s1. The molecule has 138 valence electrons. The van der Waals surface area contributed by atoms with Crippen molar-refractivity contribution in [2.24, 2.45) is 13.0 Å². The van der Waals surface area contributed by atoms with Gasteiger partial charge >= 0.3 is 0 Å². The number of rotatable bonds is 5. The number of aryl methyl sites for hydroxylation is 2. The quantitative estimate of drug-likeness (QED) is 0.676. The predicted molar refractivity (Wildman–Crippen MR) is 103 cm³/mol. The van der Waals surface area contributed by atoms with Gasteiger partial charge in [-0.3, -0.25) is 9.78 Å². The molecule has 2 atom stereocenters. The molecule has 1 aliphatic carbocycles. The molecule has 0 amide bonds. The van der Waals surface area contributed by atoms with Gasteiger partial charge in [0.05, 0.1) is 17.2 Å². The topological polar surface area (TPSA) is 69.9 Å². The summed E-state index contributed by atoms with van der Waals surface area (Å²) in [5, 5.41) is 0.641. The largest absolute Gasteiger partial charge is 0.477 e. The third-order valence-electron chi connectivity index (χ3n) is 4.78. The SMILES string of the molecule is Cc1ncc(-c2ccn(C)c(=O)c2)c(OC[C@H]2C[C@@H]2c2ccc(Cl)cn2)n1. The molecule has 7 heteroatoms. The van der Waals surface area contributed by atoms with Crippen molar-refractivity contribution in [1.29, 1.82) is 0 Å². The first-order valence-electron chi connectivity index (χ1n) is 8.76. The van der Waals surface area contributed by atoms with E-state index >= 15 is 0 Å². The summed E-state index contributed by atoms with van der Waals surface area (Å²) in [6.07, 6.45) is 6.14. The fraction of sp³-hybridized carbons (Fsp3) is 0.300. The molecule has 0 N–H and O–H groups in total. The van der Waals surface area contributed by atoms with Crippen LogP contribution in [-0.2, 0) is 7.05 Å². The molecule has 0 aliphatic heterocycles. The van der Waals surface area contributed by atoms with Crippen molar-refractivity contribution in [1.82, 2.24) is 19.5 Å². The highest BCUT2D eigenvalue weighted by Crippen LogP contribution is 2.47. The maximum absolute atomic E-state index is 12.0. The summed E-state index contributed by atoms with van der Waals surface area (Å²) in [6.45, 7) is 2.36. The van der Waals surface area contributed by atoms with E-state index in [9.17, 15) is 4.79 Å². The Bertz CT molecular complexity index is 1030. The van der Waals surface area contributed by atoms with E-state index in [0.717, 1.165) is 23.2 Å². The number of nitrogens with zero attached hydrogens (tertiary/aromatic N) is 4. The number of halogens is 1. The molecule has 3 aromatic rings. The maximum atomic E-state index is 12.0. The molecule has 1 fully saturated rings. The second kappa shape index (κ2) is 7.12. The zero-order valence-corrected chi connectivity index (χ0v) is 15.8. The highest BCUT2D eigenvalue weighted by atomic mass is 35.5. The van der Waals surface area contributed by atoms with Gasteiger partial charge < -0.3 is 9.30 Å². The van der Waals surface area contributed by atoms with Gasteiger partial charge in [0.25, 0.3) is 5.56 Å². The van der Waals surface area contributed by atoms with E-state index in [4.69, 9.17) is 16.3 Å². The van der Waals surface area contributed by atoms with Crippen LogP contribution in [0.2, 0.25) is 5.02 Å². The highest BCUT2D eigenvalue weighted by Gasteiger charge is 2.40. The van der Waals surface area contributed by atoms with Gasteiger partial charge in [0, 0.05) is 49.2 Å². The normalized spacial score (nSPS) is 18.3. The Morgan fingerprint density at radius 3 is 2.85 bits per heavy atom. The van der Waals surface area contributed by atoms with Crippen LogP contribution in [0.3, 0.4) is 0 Å². The summed E-state index contributed by atoms with van der Waals surface area (Å²) in [5.41, 5.74) is 2.42. The van der Waals surface area contributed by atoms with Gasteiger partial charge in [0.2, 0.25) is 5.88 Å². The van der Waals surface area contributed by atoms with Crippen LogP contribution < -0.4 is 10.3 Å². The van der Waals surface area contributed by atoms with Crippen LogP contribution in [0.25, 0.3) is 11.1 Å². The van der Waals surface area contributed by atoms with Crippen molar-refractivity contribution in [3.63, 3.8) is 0 Å². The van der Waals surface area contributed by atoms with Crippen molar-refractivity contribution in [2.75, 3.05) is 6.61 Å². The molecule has 0 spiro atoms. The predicted octanol–water partition coefficient (Wildman–Crippen LogP) is 3.38. The average Bonchev–Trinajstić information content (AvgIpc) is 3.43. The second-order valence-electron chi connectivity index (χ2n) is 6.82. The lowest BCUT2D eigenvalue weighted by molar-refractivity contribution is 0.285. The van der Waals surface area contributed by atoms with Crippen LogP contribution in [-0.4, -0.2) is 26.1 Å². The number of ether oxygens (including phenoxy) is 1. The minimum atomic E-state index is -0.0879. The van der Waals surface area contributed by atoms with E-state index in [0.29, 0.717) is 35.2 Å². The Morgan fingerprint density at radius 1 is 1.26 bits per heavy atom. The van der Waals surface area contributed by atoms with Gasteiger partial charge in [-0.05, 0) is 37.1 Å². The smallest absolute Gasteiger partial charge is 0.250 e. The van der Waals surface area contributed by atoms with E-state index in [-0.39, 0.29) is 5.56 Å². The van der Waals surface area contributed by atoms with Crippen molar-refractivity contribution in [3.05, 3.63) is 69.8 Å². The van der Waals surface area contributed by atoms with Gasteiger partial charge in [0.15, 0.2) is 0 Å². The van der Waals surface area contributed by atoms with Crippen molar-refractivity contribution >= 4 is 11.6 Å². The molecular weight excluding hydrogens is 364 g/mol. The van der Waals surface area contributed by atoms with Crippen molar-refractivity contribution in [2.45, 2.75) is 19.3 Å². The zero-order valence-electron chi connectivity index (χ0n) is 15.1. The Morgan fingerprint density at radius 2 is 2.11 bits per heavy atom. The number of aromatic nitrogens is 4. The Labute approximate surface area is 161 Å². The molecule has 1 aliphatic rings. The minimum Gasteiger partial charge on any atom is -0.477 e. The lowest BCUT2D eigenvalue weighted by Crippen LogP contribution is -2.14. The molecular formula is C20H19ClN4O2. The molecule has 4 rings (SSSR count). The number of pyridine rings is 2. The van der Waals surface area contributed by atoms with Gasteiger partial charge in [-0.1, -0.05) is 11.6 Å². The lowest BCUT2D eigenvalue weighted by atomic mass is 10.1. The van der Waals surface area contributed by atoms with Gasteiger partial charge in [-0.25, -0.2) is 4.98 Å². The molecule has 6 nitrogen and oxygen atoms in total. The average molecular weight is 383 g/mol. The van der Waals surface area contributed by atoms with Crippen LogP contribution in [0.15, 0.2) is 47.7 Å². The van der Waals surface area contributed by atoms with Crippen LogP contribution >= 0.6 is 11.6 Å². The van der Waals surface area contributed by atoms with Crippen LogP contribution in [0, 0.1) is 12.8 Å². The summed E-state index contributed by atoms with van der Waals surface area (Å²) < 4.78 is 7.55. The van der Waals surface area contributed by atoms with Gasteiger partial charge in [-0.2, -0.15) is 4.98 Å². The van der Waals surface area contributed by atoms with E-state index in [1.807, 2.05) is 25.1 Å². The number of hydrogen-bond acceptors (Lipinski definition) is 5. The van der Waals surface area contributed by atoms with Crippen LogP contribution in [0.1, 0.15) is 23.9 Å². The molecule has 0 aromatic carbocycles. The fourth-order valence-corrected chi connectivity index (χ4v) is 3.17.